The third-order valence-corrected chi connectivity index (χ3v) is 1.68. The molecule has 3 nitrogen and oxygen atoms in total. The highest BCUT2D eigenvalue weighted by atomic mass is 16.3. The second-order valence-electron chi connectivity index (χ2n) is 2.52. The van der Waals surface area contributed by atoms with Gasteiger partial charge >= 0.3 is 0 Å². The Morgan fingerprint density at radius 3 is 3.00 bits per heavy atom. The summed E-state index contributed by atoms with van der Waals surface area (Å²) in [5, 5.41) is 8.76. The minimum absolute atomic E-state index is 0.0352. The van der Waals surface area contributed by atoms with Crippen LogP contribution in [0.1, 0.15) is 17.2 Å². The van der Waals surface area contributed by atoms with Crippen LogP contribution in [0.15, 0.2) is 18.5 Å². The normalized spacial score (nSPS) is 13.0. The zero-order valence-electron chi connectivity index (χ0n) is 6.49. The van der Waals surface area contributed by atoms with E-state index < -0.39 is 0 Å². The molecule has 1 aromatic rings. The van der Waals surface area contributed by atoms with Gasteiger partial charge in [-0.3, -0.25) is 4.98 Å². The molecule has 11 heavy (non-hydrogen) atoms. The summed E-state index contributed by atoms with van der Waals surface area (Å²) in [7, 11) is 0. The van der Waals surface area contributed by atoms with Gasteiger partial charge in [0.2, 0.25) is 0 Å². The number of nitrogens with two attached hydrogens (primary N) is 1. The lowest BCUT2D eigenvalue weighted by molar-refractivity contribution is 0.267. The summed E-state index contributed by atoms with van der Waals surface area (Å²) < 4.78 is 0. The number of hydrogen-bond donors (Lipinski definition) is 2. The van der Waals surface area contributed by atoms with Crippen LogP contribution in [0.4, 0.5) is 0 Å². The van der Waals surface area contributed by atoms with Gasteiger partial charge in [-0.2, -0.15) is 0 Å². The Hall–Kier alpha value is -0.930. The molecule has 1 atom stereocenters. The van der Waals surface area contributed by atoms with E-state index in [1.165, 1.54) is 0 Å². The molecule has 0 fully saturated rings. The summed E-state index contributed by atoms with van der Waals surface area (Å²) in [6.45, 7) is 1.92. The Labute approximate surface area is 65.9 Å². The standard InChI is InChI=1S/C8H12N2O/c1-6-2-3-10-4-7(6)8(9)5-11/h2-4,8,11H,5,9H2,1H3/t8-/m0/s1. The van der Waals surface area contributed by atoms with Crippen molar-refractivity contribution in [2.24, 2.45) is 5.73 Å². The van der Waals surface area contributed by atoms with Crippen LogP contribution in [0.2, 0.25) is 0 Å². The maximum Gasteiger partial charge on any atom is 0.0625 e. The first-order chi connectivity index (χ1) is 5.25. The quantitative estimate of drug-likeness (QED) is 0.644. The van der Waals surface area contributed by atoms with Crippen LogP contribution >= 0.6 is 0 Å². The van der Waals surface area contributed by atoms with Gasteiger partial charge in [0.05, 0.1) is 12.6 Å². The van der Waals surface area contributed by atoms with Crippen molar-refractivity contribution in [1.29, 1.82) is 0 Å². The van der Waals surface area contributed by atoms with Gasteiger partial charge < -0.3 is 10.8 Å². The molecule has 3 N–H and O–H groups in total. The summed E-state index contributed by atoms with van der Waals surface area (Å²) in [4.78, 5) is 3.92. The largest absolute Gasteiger partial charge is 0.394 e. The minimum Gasteiger partial charge on any atom is -0.394 e. The van der Waals surface area contributed by atoms with Crippen LogP contribution in [0, 0.1) is 6.92 Å². The Kier molecular flexibility index (Phi) is 2.57. The lowest BCUT2D eigenvalue weighted by Gasteiger charge is -2.09. The maximum absolute atomic E-state index is 8.76. The van der Waals surface area contributed by atoms with E-state index in [1.807, 2.05) is 13.0 Å². The van der Waals surface area contributed by atoms with E-state index in [0.717, 1.165) is 11.1 Å². The molecule has 0 aromatic carbocycles. The van der Waals surface area contributed by atoms with Gasteiger partial charge in [0.25, 0.3) is 0 Å². The molecule has 1 rings (SSSR count). The number of pyridine rings is 1. The summed E-state index contributed by atoms with van der Waals surface area (Å²) in [5.74, 6) is 0. The summed E-state index contributed by atoms with van der Waals surface area (Å²) in [6.07, 6.45) is 3.40. The van der Waals surface area contributed by atoms with Crippen LogP contribution in [-0.2, 0) is 0 Å². The molecule has 0 aliphatic rings. The van der Waals surface area contributed by atoms with Gasteiger partial charge in [-0.15, -0.1) is 0 Å². The van der Waals surface area contributed by atoms with E-state index in [0.29, 0.717) is 0 Å². The Bertz CT molecular complexity index is 237. The average Bonchev–Trinajstić information content (AvgIpc) is 2.04. The second kappa shape index (κ2) is 3.46. The van der Waals surface area contributed by atoms with E-state index in [4.69, 9.17) is 10.8 Å². The van der Waals surface area contributed by atoms with Crippen molar-refractivity contribution >= 4 is 0 Å². The van der Waals surface area contributed by atoms with E-state index in [1.54, 1.807) is 12.4 Å². The van der Waals surface area contributed by atoms with Gasteiger partial charge in [0, 0.05) is 12.4 Å². The van der Waals surface area contributed by atoms with Gasteiger partial charge in [0.1, 0.15) is 0 Å². The number of aliphatic hydroxyl groups excluding tert-OH is 1. The molecule has 1 heterocycles. The number of hydrogen-bond acceptors (Lipinski definition) is 3. The molecular weight excluding hydrogens is 140 g/mol. The van der Waals surface area contributed by atoms with Crippen molar-refractivity contribution in [2.45, 2.75) is 13.0 Å². The first kappa shape index (κ1) is 8.17. The van der Waals surface area contributed by atoms with E-state index >= 15 is 0 Å². The molecular formula is C8H12N2O. The van der Waals surface area contributed by atoms with Crippen molar-refractivity contribution in [3.05, 3.63) is 29.6 Å². The van der Waals surface area contributed by atoms with E-state index in [9.17, 15) is 0 Å². The molecule has 0 bridgehead atoms. The Balaban J connectivity index is 2.93. The molecule has 60 valence electrons. The Morgan fingerprint density at radius 2 is 2.45 bits per heavy atom. The highest BCUT2D eigenvalue weighted by Gasteiger charge is 2.05. The lowest BCUT2D eigenvalue weighted by Crippen LogP contribution is -2.15. The monoisotopic (exact) mass is 152 g/mol. The van der Waals surface area contributed by atoms with Gasteiger partial charge in [0.15, 0.2) is 0 Å². The predicted octanol–water partition coefficient (Wildman–Crippen LogP) is 0.382. The van der Waals surface area contributed by atoms with Gasteiger partial charge in [-0.05, 0) is 24.1 Å². The number of aromatic nitrogens is 1. The zero-order valence-corrected chi connectivity index (χ0v) is 6.49. The SMILES string of the molecule is Cc1ccncc1[C@@H](N)CO. The van der Waals surface area contributed by atoms with Crippen LogP contribution in [0.25, 0.3) is 0 Å². The maximum atomic E-state index is 8.76. The molecule has 0 saturated carbocycles. The lowest BCUT2D eigenvalue weighted by atomic mass is 10.1. The zero-order chi connectivity index (χ0) is 8.27. The highest BCUT2D eigenvalue weighted by Crippen LogP contribution is 2.12. The fraction of sp³-hybridized carbons (Fsp3) is 0.375. The number of aryl methyl sites for hydroxylation is 1. The van der Waals surface area contributed by atoms with Crippen molar-refractivity contribution in [1.82, 2.24) is 4.98 Å². The van der Waals surface area contributed by atoms with Crippen molar-refractivity contribution in [3.63, 3.8) is 0 Å². The molecule has 0 unspecified atom stereocenters. The summed E-state index contributed by atoms with van der Waals surface area (Å²) >= 11 is 0. The number of nitrogens with zero attached hydrogens (tertiary/aromatic N) is 1. The third kappa shape index (κ3) is 1.76. The van der Waals surface area contributed by atoms with E-state index in [-0.39, 0.29) is 12.6 Å². The van der Waals surface area contributed by atoms with Crippen LogP contribution < -0.4 is 5.73 Å². The van der Waals surface area contributed by atoms with Gasteiger partial charge in [-0.1, -0.05) is 0 Å². The Morgan fingerprint density at radius 1 is 1.73 bits per heavy atom. The minimum atomic E-state index is -0.302. The summed E-state index contributed by atoms with van der Waals surface area (Å²) in [5.41, 5.74) is 7.59. The first-order valence-electron chi connectivity index (χ1n) is 3.52. The molecule has 0 aliphatic heterocycles. The number of rotatable bonds is 2. The molecule has 1 aromatic heterocycles. The van der Waals surface area contributed by atoms with Crippen LogP contribution in [0.5, 0.6) is 0 Å². The van der Waals surface area contributed by atoms with E-state index in [2.05, 4.69) is 4.98 Å². The average molecular weight is 152 g/mol. The molecule has 0 amide bonds. The highest BCUT2D eigenvalue weighted by molar-refractivity contribution is 5.24. The molecule has 3 heteroatoms. The number of aliphatic hydroxyl groups is 1. The molecule has 0 spiro atoms. The fourth-order valence-corrected chi connectivity index (χ4v) is 0.963. The topological polar surface area (TPSA) is 59.1 Å². The molecule has 0 aliphatic carbocycles. The van der Waals surface area contributed by atoms with Crippen LogP contribution in [-0.4, -0.2) is 16.7 Å². The molecule has 0 saturated heterocycles. The fourth-order valence-electron chi connectivity index (χ4n) is 0.963. The smallest absolute Gasteiger partial charge is 0.0625 e. The van der Waals surface area contributed by atoms with Gasteiger partial charge in [-0.25, -0.2) is 0 Å². The predicted molar refractivity (Wildman–Crippen MR) is 43.0 cm³/mol. The second-order valence-corrected chi connectivity index (χ2v) is 2.52. The first-order valence-corrected chi connectivity index (χ1v) is 3.52. The van der Waals surface area contributed by atoms with Crippen molar-refractivity contribution < 1.29 is 5.11 Å². The van der Waals surface area contributed by atoms with Crippen molar-refractivity contribution in [3.8, 4) is 0 Å². The summed E-state index contributed by atoms with van der Waals surface area (Å²) in [6, 6.07) is 1.58. The van der Waals surface area contributed by atoms with Crippen molar-refractivity contribution in [2.75, 3.05) is 6.61 Å². The molecule has 0 radical (unpaired) electrons. The third-order valence-electron chi connectivity index (χ3n) is 1.68. The van der Waals surface area contributed by atoms with Crippen LogP contribution in [0.3, 0.4) is 0 Å².